The summed E-state index contributed by atoms with van der Waals surface area (Å²) in [5.74, 6) is 0.0253. The summed E-state index contributed by atoms with van der Waals surface area (Å²) in [5, 5.41) is 0. The van der Waals surface area contributed by atoms with Crippen molar-refractivity contribution in [3.8, 4) is 0 Å². The summed E-state index contributed by atoms with van der Waals surface area (Å²) in [5.41, 5.74) is 5.18. The second kappa shape index (κ2) is 4.16. The highest BCUT2D eigenvalue weighted by atomic mass is 32.2. The molecule has 0 amide bonds. The third-order valence-corrected chi connectivity index (χ3v) is 5.02. The van der Waals surface area contributed by atoms with E-state index < -0.39 is 10.0 Å². The first-order valence-corrected chi connectivity index (χ1v) is 7.14. The minimum Gasteiger partial charge on any atom is -0.329 e. The minimum atomic E-state index is -3.12. The lowest BCUT2D eigenvalue weighted by atomic mass is 10.4. The molecule has 0 aromatic heterocycles. The van der Waals surface area contributed by atoms with Gasteiger partial charge in [-0.2, -0.15) is 11.8 Å². The third kappa shape index (κ3) is 3.46. The summed E-state index contributed by atoms with van der Waals surface area (Å²) in [6.45, 7) is 0.734. The van der Waals surface area contributed by atoms with Crippen LogP contribution >= 0.6 is 11.8 Å². The Morgan fingerprint density at radius 1 is 1.54 bits per heavy atom. The standard InChI is InChI=1S/C7H16N2O2S2/c1-12-7(2-3-7)6-9-13(10,11)5-4-8/h9H,2-6,8H2,1H3. The Kier molecular flexibility index (Phi) is 3.62. The summed E-state index contributed by atoms with van der Waals surface area (Å²) < 4.78 is 25.2. The highest BCUT2D eigenvalue weighted by Gasteiger charge is 2.42. The lowest BCUT2D eigenvalue weighted by Gasteiger charge is -2.12. The van der Waals surface area contributed by atoms with Gasteiger partial charge in [-0.05, 0) is 19.1 Å². The number of hydrogen-bond acceptors (Lipinski definition) is 4. The van der Waals surface area contributed by atoms with Crippen LogP contribution in [0.5, 0.6) is 0 Å². The van der Waals surface area contributed by atoms with Gasteiger partial charge in [0.15, 0.2) is 0 Å². The summed E-state index contributed by atoms with van der Waals surface area (Å²) in [6.07, 6.45) is 4.24. The zero-order chi connectivity index (χ0) is 9.95. The first kappa shape index (κ1) is 11.3. The van der Waals surface area contributed by atoms with Gasteiger partial charge >= 0.3 is 0 Å². The molecule has 1 aliphatic rings. The molecule has 3 N–H and O–H groups in total. The number of nitrogens with two attached hydrogens (primary N) is 1. The molecule has 0 aromatic carbocycles. The van der Waals surface area contributed by atoms with Crippen LogP contribution < -0.4 is 10.5 Å². The van der Waals surface area contributed by atoms with Crippen LogP contribution in [0.25, 0.3) is 0 Å². The number of thioether (sulfide) groups is 1. The molecule has 1 aliphatic carbocycles. The predicted molar refractivity (Wildman–Crippen MR) is 56.3 cm³/mol. The summed E-state index contributed by atoms with van der Waals surface area (Å²) >= 11 is 1.74. The fourth-order valence-electron chi connectivity index (χ4n) is 1.06. The third-order valence-electron chi connectivity index (χ3n) is 2.24. The Labute approximate surface area is 83.7 Å². The van der Waals surface area contributed by atoms with Crippen LogP contribution in [0.15, 0.2) is 0 Å². The Morgan fingerprint density at radius 2 is 2.15 bits per heavy atom. The summed E-state index contributed by atoms with van der Waals surface area (Å²) in [4.78, 5) is 0. The van der Waals surface area contributed by atoms with E-state index in [4.69, 9.17) is 5.73 Å². The SMILES string of the molecule is CSC1(CNS(=O)(=O)CCN)CC1. The minimum absolute atomic E-state index is 0.0253. The van der Waals surface area contributed by atoms with Crippen LogP contribution in [0.1, 0.15) is 12.8 Å². The average molecular weight is 224 g/mol. The first-order valence-electron chi connectivity index (χ1n) is 4.26. The Balaban J connectivity index is 2.33. The van der Waals surface area contributed by atoms with E-state index in [2.05, 4.69) is 4.72 Å². The molecule has 6 heteroatoms. The molecule has 0 unspecified atom stereocenters. The molecule has 1 rings (SSSR count). The molecule has 0 aliphatic heterocycles. The fraction of sp³-hybridized carbons (Fsp3) is 1.00. The fourth-order valence-corrected chi connectivity index (χ4v) is 2.83. The highest BCUT2D eigenvalue weighted by Crippen LogP contribution is 2.46. The zero-order valence-corrected chi connectivity index (χ0v) is 9.38. The van der Waals surface area contributed by atoms with Crippen LogP contribution in [-0.2, 0) is 10.0 Å². The second-order valence-electron chi connectivity index (χ2n) is 3.32. The van der Waals surface area contributed by atoms with Crippen LogP contribution in [0.3, 0.4) is 0 Å². The van der Waals surface area contributed by atoms with Crippen molar-refractivity contribution in [3.63, 3.8) is 0 Å². The summed E-state index contributed by atoms with van der Waals surface area (Å²) in [7, 11) is -3.12. The van der Waals surface area contributed by atoms with Gasteiger partial charge in [-0.3, -0.25) is 0 Å². The average Bonchev–Trinajstić information content (AvgIpc) is 2.82. The van der Waals surface area contributed by atoms with Gasteiger partial charge in [-0.1, -0.05) is 0 Å². The predicted octanol–water partition coefficient (Wildman–Crippen LogP) is -0.240. The van der Waals surface area contributed by atoms with Crippen molar-refractivity contribution in [2.45, 2.75) is 17.6 Å². The lowest BCUT2D eigenvalue weighted by molar-refractivity contribution is 0.579. The Morgan fingerprint density at radius 3 is 2.54 bits per heavy atom. The molecular formula is C7H16N2O2S2. The lowest BCUT2D eigenvalue weighted by Crippen LogP contribution is -2.35. The highest BCUT2D eigenvalue weighted by molar-refractivity contribution is 8.00. The van der Waals surface area contributed by atoms with Crippen molar-refractivity contribution in [1.82, 2.24) is 4.72 Å². The van der Waals surface area contributed by atoms with E-state index in [0.29, 0.717) is 6.54 Å². The van der Waals surface area contributed by atoms with Crippen molar-refractivity contribution in [2.75, 3.05) is 25.1 Å². The van der Waals surface area contributed by atoms with Gasteiger partial charge in [0.25, 0.3) is 0 Å². The van der Waals surface area contributed by atoms with E-state index >= 15 is 0 Å². The van der Waals surface area contributed by atoms with Gasteiger partial charge in [-0.15, -0.1) is 0 Å². The van der Waals surface area contributed by atoms with Crippen molar-refractivity contribution in [3.05, 3.63) is 0 Å². The molecule has 78 valence electrons. The topological polar surface area (TPSA) is 72.2 Å². The van der Waals surface area contributed by atoms with Crippen molar-refractivity contribution in [2.24, 2.45) is 5.73 Å². The van der Waals surface area contributed by atoms with E-state index in [-0.39, 0.29) is 17.0 Å². The molecule has 0 bridgehead atoms. The molecule has 0 aromatic rings. The Hall–Kier alpha value is 0.220. The van der Waals surface area contributed by atoms with Crippen LogP contribution in [-0.4, -0.2) is 38.3 Å². The first-order chi connectivity index (χ1) is 6.04. The summed E-state index contributed by atoms with van der Waals surface area (Å²) in [6, 6.07) is 0. The molecule has 1 saturated carbocycles. The van der Waals surface area contributed by atoms with Crippen LogP contribution in [0, 0.1) is 0 Å². The quantitative estimate of drug-likeness (QED) is 0.653. The van der Waals surface area contributed by atoms with E-state index in [0.717, 1.165) is 12.8 Å². The largest absolute Gasteiger partial charge is 0.329 e. The maximum Gasteiger partial charge on any atom is 0.212 e. The van der Waals surface area contributed by atoms with Crippen LogP contribution in [0.4, 0.5) is 0 Å². The van der Waals surface area contributed by atoms with E-state index in [1.54, 1.807) is 11.8 Å². The maximum atomic E-state index is 11.2. The molecule has 0 saturated heterocycles. The second-order valence-corrected chi connectivity index (χ2v) is 6.52. The number of sulfonamides is 1. The molecule has 13 heavy (non-hydrogen) atoms. The molecule has 0 radical (unpaired) electrons. The normalized spacial score (nSPS) is 20.2. The van der Waals surface area contributed by atoms with Gasteiger partial charge in [0.1, 0.15) is 0 Å². The molecule has 0 heterocycles. The van der Waals surface area contributed by atoms with Gasteiger partial charge in [0, 0.05) is 17.8 Å². The number of hydrogen-bond donors (Lipinski definition) is 2. The van der Waals surface area contributed by atoms with Gasteiger partial charge in [0.05, 0.1) is 5.75 Å². The monoisotopic (exact) mass is 224 g/mol. The van der Waals surface area contributed by atoms with E-state index in [1.807, 2.05) is 6.26 Å². The van der Waals surface area contributed by atoms with Crippen molar-refractivity contribution in [1.29, 1.82) is 0 Å². The van der Waals surface area contributed by atoms with E-state index in [9.17, 15) is 8.42 Å². The zero-order valence-electron chi connectivity index (χ0n) is 7.75. The van der Waals surface area contributed by atoms with Crippen molar-refractivity contribution < 1.29 is 8.42 Å². The van der Waals surface area contributed by atoms with Crippen molar-refractivity contribution >= 4 is 21.8 Å². The van der Waals surface area contributed by atoms with Gasteiger partial charge in [0.2, 0.25) is 10.0 Å². The number of nitrogens with one attached hydrogen (secondary N) is 1. The van der Waals surface area contributed by atoms with Gasteiger partial charge < -0.3 is 5.73 Å². The maximum absolute atomic E-state index is 11.2. The van der Waals surface area contributed by atoms with Crippen LogP contribution in [0.2, 0.25) is 0 Å². The van der Waals surface area contributed by atoms with E-state index in [1.165, 1.54) is 0 Å². The molecule has 1 fully saturated rings. The Bertz CT molecular complexity index is 260. The molecule has 0 spiro atoms. The molecular weight excluding hydrogens is 208 g/mol. The number of rotatable bonds is 6. The molecule has 4 nitrogen and oxygen atoms in total. The van der Waals surface area contributed by atoms with Gasteiger partial charge in [-0.25, -0.2) is 13.1 Å². The molecule has 0 atom stereocenters. The smallest absolute Gasteiger partial charge is 0.212 e.